The molecule has 4 nitrogen and oxygen atoms in total. The van der Waals surface area contributed by atoms with Gasteiger partial charge in [0.25, 0.3) is 0 Å². The summed E-state index contributed by atoms with van der Waals surface area (Å²) in [5.41, 5.74) is 0.788. The molecule has 0 radical (unpaired) electrons. The van der Waals surface area contributed by atoms with E-state index in [0.29, 0.717) is 13.0 Å². The number of hydrogen-bond acceptors (Lipinski definition) is 3. The van der Waals surface area contributed by atoms with Gasteiger partial charge in [-0.2, -0.15) is 0 Å². The molecular weight excluding hydrogens is 288 g/mol. The van der Waals surface area contributed by atoms with Crippen molar-refractivity contribution in [2.24, 2.45) is 0 Å². The van der Waals surface area contributed by atoms with Crippen LogP contribution in [0.3, 0.4) is 0 Å². The first-order chi connectivity index (χ1) is 10.9. The summed E-state index contributed by atoms with van der Waals surface area (Å²) >= 11 is 0. The number of carbonyl (C=O) groups excluding carboxylic acids is 1. The van der Waals surface area contributed by atoms with Crippen molar-refractivity contribution < 1.29 is 9.53 Å². The quantitative estimate of drug-likeness (QED) is 0.804. The van der Waals surface area contributed by atoms with E-state index in [1.54, 1.807) is 4.90 Å². The second kappa shape index (κ2) is 7.52. The Morgan fingerprint density at radius 3 is 2.61 bits per heavy atom. The van der Waals surface area contributed by atoms with Crippen LogP contribution in [-0.4, -0.2) is 47.2 Å². The fourth-order valence-corrected chi connectivity index (χ4v) is 2.78. The van der Waals surface area contributed by atoms with Gasteiger partial charge in [0.05, 0.1) is 6.04 Å². The van der Waals surface area contributed by atoms with Gasteiger partial charge in [0.15, 0.2) is 0 Å². The standard InChI is InChI=1S/C19H26N2O2/c1-5-9-17-15-20(14-16-10-7-6-8-11-16)12-13-21(17)18(22)23-19(2,3)4/h1,6-8,10-11,17H,9,12-15H2,2-4H3/t17-/m0/s1. The van der Waals surface area contributed by atoms with E-state index in [4.69, 9.17) is 11.2 Å². The van der Waals surface area contributed by atoms with Gasteiger partial charge in [-0.25, -0.2) is 4.79 Å². The lowest BCUT2D eigenvalue weighted by Crippen LogP contribution is -2.55. The molecule has 2 rings (SSSR count). The van der Waals surface area contributed by atoms with Crippen molar-refractivity contribution in [3.05, 3.63) is 35.9 Å². The lowest BCUT2D eigenvalue weighted by Gasteiger charge is -2.41. The smallest absolute Gasteiger partial charge is 0.410 e. The van der Waals surface area contributed by atoms with Gasteiger partial charge in [-0.1, -0.05) is 30.3 Å². The molecule has 1 aliphatic rings. The number of rotatable bonds is 3. The summed E-state index contributed by atoms with van der Waals surface area (Å²) < 4.78 is 5.51. The van der Waals surface area contributed by atoms with Crippen molar-refractivity contribution in [1.82, 2.24) is 9.80 Å². The van der Waals surface area contributed by atoms with Gasteiger partial charge in [0.1, 0.15) is 5.60 Å². The van der Waals surface area contributed by atoms with Crippen molar-refractivity contribution >= 4 is 6.09 Å². The Hall–Kier alpha value is -1.99. The SMILES string of the molecule is C#CC[C@H]1CN(Cc2ccccc2)CCN1C(=O)OC(C)(C)C. The van der Waals surface area contributed by atoms with Gasteiger partial charge in [-0.3, -0.25) is 4.90 Å². The van der Waals surface area contributed by atoms with Crippen LogP contribution in [0.1, 0.15) is 32.8 Å². The molecule has 0 aliphatic carbocycles. The van der Waals surface area contributed by atoms with Crippen LogP contribution in [-0.2, 0) is 11.3 Å². The molecule has 1 amide bonds. The zero-order valence-corrected chi connectivity index (χ0v) is 14.3. The summed E-state index contributed by atoms with van der Waals surface area (Å²) in [6, 6.07) is 10.4. The first-order valence-electron chi connectivity index (χ1n) is 8.08. The summed E-state index contributed by atoms with van der Waals surface area (Å²) in [7, 11) is 0. The maximum atomic E-state index is 12.4. The summed E-state index contributed by atoms with van der Waals surface area (Å²) in [6.45, 7) is 8.78. The Kier molecular flexibility index (Phi) is 5.68. The van der Waals surface area contributed by atoms with Crippen LogP contribution in [0.4, 0.5) is 4.79 Å². The van der Waals surface area contributed by atoms with Gasteiger partial charge in [0, 0.05) is 32.6 Å². The molecule has 0 unspecified atom stereocenters. The second-order valence-electron chi connectivity index (χ2n) is 6.96. The van der Waals surface area contributed by atoms with E-state index < -0.39 is 5.60 Å². The number of piperazine rings is 1. The summed E-state index contributed by atoms with van der Waals surface area (Å²) in [6.07, 6.45) is 5.78. The number of carbonyl (C=O) groups is 1. The van der Waals surface area contributed by atoms with Gasteiger partial charge < -0.3 is 9.64 Å². The molecule has 1 saturated heterocycles. The topological polar surface area (TPSA) is 32.8 Å². The van der Waals surface area contributed by atoms with E-state index in [1.807, 2.05) is 39.0 Å². The minimum atomic E-state index is -0.487. The summed E-state index contributed by atoms with van der Waals surface area (Å²) in [4.78, 5) is 16.5. The normalized spacial score (nSPS) is 19.2. The molecule has 0 saturated carbocycles. The maximum absolute atomic E-state index is 12.4. The molecule has 0 aromatic heterocycles. The Balaban J connectivity index is 2.00. The van der Waals surface area contributed by atoms with Crippen molar-refractivity contribution in [2.45, 2.75) is 45.4 Å². The summed E-state index contributed by atoms with van der Waals surface area (Å²) in [5, 5.41) is 0. The van der Waals surface area contributed by atoms with Gasteiger partial charge in [-0.15, -0.1) is 12.3 Å². The van der Waals surface area contributed by atoms with E-state index in [2.05, 4.69) is 23.0 Å². The highest BCUT2D eigenvalue weighted by Gasteiger charge is 2.32. The number of ether oxygens (including phenoxy) is 1. The molecule has 23 heavy (non-hydrogen) atoms. The van der Waals surface area contributed by atoms with E-state index in [-0.39, 0.29) is 12.1 Å². The number of benzene rings is 1. The monoisotopic (exact) mass is 314 g/mol. The van der Waals surface area contributed by atoms with Crippen LogP contribution < -0.4 is 0 Å². The first-order valence-corrected chi connectivity index (χ1v) is 8.08. The molecule has 124 valence electrons. The minimum absolute atomic E-state index is 0.00677. The van der Waals surface area contributed by atoms with Crippen LogP contribution in [0.2, 0.25) is 0 Å². The van der Waals surface area contributed by atoms with Crippen LogP contribution in [0.5, 0.6) is 0 Å². The van der Waals surface area contributed by atoms with Crippen molar-refractivity contribution in [2.75, 3.05) is 19.6 Å². The average Bonchev–Trinajstić information content (AvgIpc) is 2.47. The molecule has 1 aromatic carbocycles. The fraction of sp³-hybridized carbons (Fsp3) is 0.526. The third-order valence-electron chi connectivity index (χ3n) is 3.80. The van der Waals surface area contributed by atoms with E-state index >= 15 is 0 Å². The highest BCUT2D eigenvalue weighted by atomic mass is 16.6. The predicted molar refractivity (Wildman–Crippen MR) is 91.9 cm³/mol. The number of hydrogen-bond donors (Lipinski definition) is 0. The molecule has 0 N–H and O–H groups in total. The zero-order chi connectivity index (χ0) is 16.9. The van der Waals surface area contributed by atoms with Crippen LogP contribution in [0.25, 0.3) is 0 Å². The van der Waals surface area contributed by atoms with E-state index in [1.165, 1.54) is 5.56 Å². The maximum Gasteiger partial charge on any atom is 0.410 e. The predicted octanol–water partition coefficient (Wildman–Crippen LogP) is 3.13. The molecule has 1 heterocycles. The van der Waals surface area contributed by atoms with Crippen molar-refractivity contribution in [1.29, 1.82) is 0 Å². The Morgan fingerprint density at radius 2 is 2.00 bits per heavy atom. The van der Waals surface area contributed by atoms with Crippen LogP contribution >= 0.6 is 0 Å². The van der Waals surface area contributed by atoms with Crippen LogP contribution in [0.15, 0.2) is 30.3 Å². The van der Waals surface area contributed by atoms with Crippen molar-refractivity contribution in [3.63, 3.8) is 0 Å². The Bertz CT molecular complexity index is 557. The third-order valence-corrected chi connectivity index (χ3v) is 3.80. The Labute approximate surface area is 139 Å². The molecule has 4 heteroatoms. The second-order valence-corrected chi connectivity index (χ2v) is 6.96. The van der Waals surface area contributed by atoms with Gasteiger partial charge >= 0.3 is 6.09 Å². The largest absolute Gasteiger partial charge is 0.444 e. The van der Waals surface area contributed by atoms with E-state index in [0.717, 1.165) is 19.6 Å². The van der Waals surface area contributed by atoms with E-state index in [9.17, 15) is 4.79 Å². The lowest BCUT2D eigenvalue weighted by atomic mass is 10.1. The number of nitrogens with zero attached hydrogens (tertiary/aromatic N) is 2. The van der Waals surface area contributed by atoms with Crippen LogP contribution in [0, 0.1) is 12.3 Å². The highest BCUT2D eigenvalue weighted by Crippen LogP contribution is 2.19. The minimum Gasteiger partial charge on any atom is -0.444 e. The molecule has 1 atom stereocenters. The molecule has 0 spiro atoms. The number of amides is 1. The highest BCUT2D eigenvalue weighted by molar-refractivity contribution is 5.68. The Morgan fingerprint density at radius 1 is 1.30 bits per heavy atom. The van der Waals surface area contributed by atoms with Gasteiger partial charge in [-0.05, 0) is 26.3 Å². The summed E-state index contributed by atoms with van der Waals surface area (Å²) in [5.74, 6) is 2.69. The lowest BCUT2D eigenvalue weighted by molar-refractivity contribution is -0.00158. The molecule has 1 aromatic rings. The molecule has 1 aliphatic heterocycles. The van der Waals surface area contributed by atoms with Crippen molar-refractivity contribution in [3.8, 4) is 12.3 Å². The molecule has 0 bridgehead atoms. The molecular formula is C19H26N2O2. The fourth-order valence-electron chi connectivity index (χ4n) is 2.78. The zero-order valence-electron chi connectivity index (χ0n) is 14.3. The molecule has 1 fully saturated rings. The number of terminal acetylenes is 1. The first kappa shape index (κ1) is 17.4. The third kappa shape index (κ3) is 5.30. The average molecular weight is 314 g/mol. The van der Waals surface area contributed by atoms with Gasteiger partial charge in [0.2, 0.25) is 0 Å².